The van der Waals surface area contributed by atoms with E-state index in [1.54, 1.807) is 7.11 Å². The van der Waals surface area contributed by atoms with Gasteiger partial charge in [0.2, 0.25) is 0 Å². The first-order valence-corrected chi connectivity index (χ1v) is 5.38. The fourth-order valence-electron chi connectivity index (χ4n) is 2.31. The van der Waals surface area contributed by atoms with Crippen molar-refractivity contribution in [2.75, 3.05) is 14.2 Å². The molecule has 0 spiro atoms. The van der Waals surface area contributed by atoms with Gasteiger partial charge in [-0.2, -0.15) is 0 Å². The Hall–Kier alpha value is -1.51. The van der Waals surface area contributed by atoms with Crippen LogP contribution in [0, 0.1) is 5.92 Å². The lowest BCUT2D eigenvalue weighted by atomic mass is 9.93. The Morgan fingerprint density at radius 2 is 2.12 bits per heavy atom. The average Bonchev–Trinajstić information content (AvgIpc) is 3.01. The maximum absolute atomic E-state index is 11.8. The minimum Gasteiger partial charge on any atom is -0.497 e. The molecule has 0 heterocycles. The van der Waals surface area contributed by atoms with Crippen LogP contribution in [-0.4, -0.2) is 20.2 Å². The number of rotatable bonds is 3. The van der Waals surface area contributed by atoms with Crippen molar-refractivity contribution in [3.63, 3.8) is 0 Å². The van der Waals surface area contributed by atoms with Crippen LogP contribution in [0.1, 0.15) is 18.9 Å². The van der Waals surface area contributed by atoms with Gasteiger partial charge >= 0.3 is 5.97 Å². The molecule has 3 heteroatoms. The summed E-state index contributed by atoms with van der Waals surface area (Å²) in [6.45, 7) is 2.07. The number of esters is 1. The van der Waals surface area contributed by atoms with E-state index in [2.05, 4.69) is 6.92 Å². The van der Waals surface area contributed by atoms with Gasteiger partial charge in [0.25, 0.3) is 0 Å². The molecule has 0 saturated heterocycles. The van der Waals surface area contributed by atoms with Crippen molar-refractivity contribution in [1.29, 1.82) is 0 Å². The van der Waals surface area contributed by atoms with E-state index in [1.165, 1.54) is 7.11 Å². The molecular formula is C13H16O3. The minimum atomic E-state index is -0.441. The second-order valence-corrected chi connectivity index (χ2v) is 4.30. The van der Waals surface area contributed by atoms with Crippen LogP contribution in [-0.2, 0) is 14.9 Å². The molecule has 1 aliphatic rings. The van der Waals surface area contributed by atoms with Crippen molar-refractivity contribution < 1.29 is 14.3 Å². The number of carbonyl (C=O) groups is 1. The predicted octanol–water partition coefficient (Wildman–Crippen LogP) is 2.15. The third-order valence-electron chi connectivity index (χ3n) is 3.44. The highest BCUT2D eigenvalue weighted by molar-refractivity contribution is 5.87. The Bertz CT molecular complexity index is 413. The second kappa shape index (κ2) is 3.81. The van der Waals surface area contributed by atoms with Crippen LogP contribution >= 0.6 is 0 Å². The predicted molar refractivity (Wildman–Crippen MR) is 60.5 cm³/mol. The van der Waals surface area contributed by atoms with E-state index in [-0.39, 0.29) is 5.97 Å². The largest absolute Gasteiger partial charge is 0.497 e. The van der Waals surface area contributed by atoms with E-state index in [0.29, 0.717) is 5.92 Å². The van der Waals surface area contributed by atoms with Crippen LogP contribution in [0.3, 0.4) is 0 Å². The molecule has 3 nitrogen and oxygen atoms in total. The Morgan fingerprint density at radius 3 is 2.62 bits per heavy atom. The van der Waals surface area contributed by atoms with Crippen LogP contribution in [0.25, 0.3) is 0 Å². The molecule has 16 heavy (non-hydrogen) atoms. The molecular weight excluding hydrogens is 204 g/mol. The lowest BCUT2D eigenvalue weighted by molar-refractivity contribution is -0.144. The molecule has 0 radical (unpaired) electrons. The van der Waals surface area contributed by atoms with Crippen LogP contribution in [0.15, 0.2) is 24.3 Å². The van der Waals surface area contributed by atoms with Crippen molar-refractivity contribution in [1.82, 2.24) is 0 Å². The molecule has 86 valence electrons. The summed E-state index contributed by atoms with van der Waals surface area (Å²) in [4.78, 5) is 11.8. The van der Waals surface area contributed by atoms with Gasteiger partial charge in [0.05, 0.1) is 19.6 Å². The first-order valence-electron chi connectivity index (χ1n) is 5.38. The fourth-order valence-corrected chi connectivity index (χ4v) is 2.31. The molecule has 0 N–H and O–H groups in total. The number of hydrogen-bond donors (Lipinski definition) is 0. The van der Waals surface area contributed by atoms with E-state index >= 15 is 0 Å². The maximum atomic E-state index is 11.8. The number of hydrogen-bond acceptors (Lipinski definition) is 3. The molecule has 2 atom stereocenters. The summed E-state index contributed by atoms with van der Waals surface area (Å²) in [7, 11) is 3.07. The normalized spacial score (nSPS) is 27.3. The van der Waals surface area contributed by atoms with Gasteiger partial charge in [-0.25, -0.2) is 0 Å². The molecule has 1 aromatic rings. The molecule has 1 aromatic carbocycles. The van der Waals surface area contributed by atoms with E-state index in [0.717, 1.165) is 17.7 Å². The third-order valence-corrected chi connectivity index (χ3v) is 3.44. The fraction of sp³-hybridized carbons (Fsp3) is 0.462. The van der Waals surface area contributed by atoms with E-state index in [4.69, 9.17) is 9.47 Å². The molecule has 0 aromatic heterocycles. The molecule has 2 rings (SSSR count). The number of carbonyl (C=O) groups excluding carboxylic acids is 1. The summed E-state index contributed by atoms with van der Waals surface area (Å²) >= 11 is 0. The maximum Gasteiger partial charge on any atom is 0.316 e. The molecule has 1 fully saturated rings. The lowest BCUT2D eigenvalue weighted by Gasteiger charge is -2.15. The first kappa shape index (κ1) is 11.0. The molecule has 2 unspecified atom stereocenters. The van der Waals surface area contributed by atoms with Gasteiger partial charge in [-0.1, -0.05) is 19.1 Å². The highest BCUT2D eigenvalue weighted by atomic mass is 16.5. The molecule has 1 saturated carbocycles. The highest BCUT2D eigenvalue weighted by Gasteiger charge is 2.59. The summed E-state index contributed by atoms with van der Waals surface area (Å²) < 4.78 is 10.1. The standard InChI is InChI=1S/C13H16O3/c1-9-8-13(9,12(14)16-3)10-5-4-6-11(7-10)15-2/h4-7,9H,8H2,1-3H3. The Balaban J connectivity index is 2.38. The molecule has 0 aliphatic heterocycles. The van der Waals surface area contributed by atoms with E-state index in [9.17, 15) is 4.79 Å². The summed E-state index contributed by atoms with van der Waals surface area (Å²) in [5, 5.41) is 0. The molecule has 0 amide bonds. The first-order chi connectivity index (χ1) is 7.65. The van der Waals surface area contributed by atoms with Gasteiger partial charge in [0.15, 0.2) is 0 Å². The molecule has 1 aliphatic carbocycles. The van der Waals surface area contributed by atoms with Crippen molar-refractivity contribution in [2.24, 2.45) is 5.92 Å². The number of benzene rings is 1. The van der Waals surface area contributed by atoms with E-state index in [1.807, 2.05) is 24.3 Å². The van der Waals surface area contributed by atoms with Gasteiger partial charge < -0.3 is 9.47 Å². The zero-order valence-electron chi connectivity index (χ0n) is 9.82. The quantitative estimate of drug-likeness (QED) is 0.732. The topological polar surface area (TPSA) is 35.5 Å². The summed E-state index contributed by atoms with van der Waals surface area (Å²) in [6, 6.07) is 7.66. The Morgan fingerprint density at radius 1 is 1.44 bits per heavy atom. The lowest BCUT2D eigenvalue weighted by Crippen LogP contribution is -2.24. The van der Waals surface area contributed by atoms with Crippen LogP contribution in [0.5, 0.6) is 5.75 Å². The zero-order chi connectivity index (χ0) is 11.8. The van der Waals surface area contributed by atoms with Gasteiger partial charge in [0.1, 0.15) is 5.75 Å². The SMILES string of the molecule is COC(=O)C1(c2cccc(OC)c2)CC1C. The number of ether oxygens (including phenoxy) is 2. The van der Waals surface area contributed by atoms with Crippen molar-refractivity contribution in [3.8, 4) is 5.75 Å². The summed E-state index contributed by atoms with van der Waals surface area (Å²) in [5.74, 6) is 0.972. The van der Waals surface area contributed by atoms with E-state index < -0.39 is 5.41 Å². The van der Waals surface area contributed by atoms with Crippen LogP contribution < -0.4 is 4.74 Å². The smallest absolute Gasteiger partial charge is 0.316 e. The zero-order valence-corrected chi connectivity index (χ0v) is 9.82. The summed E-state index contributed by atoms with van der Waals surface area (Å²) in [6.07, 6.45) is 0.854. The Labute approximate surface area is 95.4 Å². The molecule has 0 bridgehead atoms. The third kappa shape index (κ3) is 1.47. The van der Waals surface area contributed by atoms with Crippen molar-refractivity contribution in [3.05, 3.63) is 29.8 Å². The highest BCUT2D eigenvalue weighted by Crippen LogP contribution is 2.55. The van der Waals surface area contributed by atoms with Gasteiger partial charge in [-0.05, 0) is 30.0 Å². The van der Waals surface area contributed by atoms with Crippen LogP contribution in [0.4, 0.5) is 0 Å². The average molecular weight is 220 g/mol. The van der Waals surface area contributed by atoms with Gasteiger partial charge in [-0.3, -0.25) is 4.79 Å². The number of methoxy groups -OCH3 is 2. The summed E-state index contributed by atoms with van der Waals surface area (Å²) in [5.41, 5.74) is 0.551. The van der Waals surface area contributed by atoms with Crippen molar-refractivity contribution >= 4 is 5.97 Å². The second-order valence-electron chi connectivity index (χ2n) is 4.30. The minimum absolute atomic E-state index is 0.145. The van der Waals surface area contributed by atoms with Crippen molar-refractivity contribution in [2.45, 2.75) is 18.8 Å². The monoisotopic (exact) mass is 220 g/mol. The Kier molecular flexibility index (Phi) is 2.62. The van der Waals surface area contributed by atoms with Crippen LogP contribution in [0.2, 0.25) is 0 Å². The van der Waals surface area contributed by atoms with Gasteiger partial charge in [-0.15, -0.1) is 0 Å². The van der Waals surface area contributed by atoms with Gasteiger partial charge in [0, 0.05) is 0 Å².